The number of hydrogen-bond acceptors (Lipinski definition) is 1. The largest absolute Gasteiger partial charge is 0.357 e. The molecule has 0 fully saturated rings. The van der Waals surface area contributed by atoms with Crippen LogP contribution < -0.4 is 0 Å². The first kappa shape index (κ1) is 17.8. The van der Waals surface area contributed by atoms with Gasteiger partial charge in [-0.15, -0.1) is 0 Å². The van der Waals surface area contributed by atoms with E-state index in [2.05, 4.69) is 70.5 Å². The van der Waals surface area contributed by atoms with Crippen molar-refractivity contribution in [3.8, 4) is 0 Å². The Bertz CT molecular complexity index is 1130. The van der Waals surface area contributed by atoms with E-state index in [-0.39, 0.29) is 6.04 Å². The lowest BCUT2D eigenvalue weighted by atomic mass is 9.92. The predicted octanol–water partition coefficient (Wildman–Crippen LogP) is 6.62. The summed E-state index contributed by atoms with van der Waals surface area (Å²) in [5, 5.41) is 2.69. The molecule has 4 aromatic rings. The molecule has 0 amide bonds. The fourth-order valence-electron chi connectivity index (χ4n) is 4.35. The SMILES string of the molecule is Clc1ccc(C2c3[nH]c4ccccc4c3CCN2Cc2ccccc2)c(Cl)c1. The van der Waals surface area contributed by atoms with Gasteiger partial charge in [-0.25, -0.2) is 0 Å². The molecule has 0 saturated carbocycles. The van der Waals surface area contributed by atoms with Crippen LogP contribution >= 0.6 is 23.2 Å². The molecule has 0 saturated heterocycles. The molecule has 2 nitrogen and oxygen atoms in total. The molecule has 0 radical (unpaired) electrons. The minimum atomic E-state index is 0.0705. The third kappa shape index (κ3) is 3.12. The number of fused-ring (bicyclic) bond motifs is 3. The molecule has 1 aliphatic rings. The fourth-order valence-corrected chi connectivity index (χ4v) is 4.87. The molecule has 0 bridgehead atoms. The molecule has 5 rings (SSSR count). The first-order valence-electron chi connectivity index (χ1n) is 9.53. The second-order valence-electron chi connectivity index (χ2n) is 7.34. The second-order valence-corrected chi connectivity index (χ2v) is 8.18. The van der Waals surface area contributed by atoms with Gasteiger partial charge in [0.1, 0.15) is 0 Å². The molecular weight excluding hydrogens is 387 g/mol. The Balaban J connectivity index is 1.66. The molecule has 3 aromatic carbocycles. The number of nitrogens with one attached hydrogen (secondary N) is 1. The molecule has 1 aromatic heterocycles. The standard InChI is InChI=1S/C24H20Cl2N2/c25-17-10-11-20(21(26)14-17)24-23-19(18-8-4-5-9-22(18)27-23)12-13-28(24)15-16-6-2-1-3-7-16/h1-11,14,24,27H,12-13,15H2. The Morgan fingerprint density at radius 3 is 2.54 bits per heavy atom. The van der Waals surface area contributed by atoms with Gasteiger partial charge in [0.15, 0.2) is 0 Å². The maximum absolute atomic E-state index is 6.67. The Labute approximate surface area is 174 Å². The Hall–Kier alpha value is -2.26. The zero-order chi connectivity index (χ0) is 19.1. The third-order valence-electron chi connectivity index (χ3n) is 5.62. The lowest BCUT2D eigenvalue weighted by Crippen LogP contribution is -2.35. The summed E-state index contributed by atoms with van der Waals surface area (Å²) in [7, 11) is 0. The molecule has 4 heteroatoms. The van der Waals surface area contributed by atoms with E-state index < -0.39 is 0 Å². The normalized spacial score (nSPS) is 17.0. The molecule has 2 heterocycles. The van der Waals surface area contributed by atoms with E-state index >= 15 is 0 Å². The number of benzene rings is 3. The monoisotopic (exact) mass is 406 g/mol. The van der Waals surface area contributed by atoms with E-state index in [1.807, 2.05) is 12.1 Å². The van der Waals surface area contributed by atoms with Crippen LogP contribution in [-0.2, 0) is 13.0 Å². The van der Waals surface area contributed by atoms with Gasteiger partial charge in [-0.1, -0.05) is 77.8 Å². The van der Waals surface area contributed by atoms with Crippen molar-refractivity contribution in [2.75, 3.05) is 6.54 Å². The number of aromatic amines is 1. The van der Waals surface area contributed by atoms with Gasteiger partial charge in [0, 0.05) is 39.7 Å². The maximum atomic E-state index is 6.67. The van der Waals surface area contributed by atoms with Crippen molar-refractivity contribution < 1.29 is 0 Å². The smallest absolute Gasteiger partial charge is 0.0774 e. The number of rotatable bonds is 3. The Kier molecular flexibility index (Phi) is 4.64. The van der Waals surface area contributed by atoms with Gasteiger partial charge in [-0.3, -0.25) is 4.90 Å². The first-order chi connectivity index (χ1) is 13.7. The van der Waals surface area contributed by atoms with E-state index in [9.17, 15) is 0 Å². The highest BCUT2D eigenvalue weighted by Crippen LogP contribution is 2.41. The number of H-pyrrole nitrogens is 1. The lowest BCUT2D eigenvalue weighted by Gasteiger charge is -2.36. The maximum Gasteiger partial charge on any atom is 0.0774 e. The van der Waals surface area contributed by atoms with Crippen LogP contribution in [-0.4, -0.2) is 16.4 Å². The number of hydrogen-bond donors (Lipinski definition) is 1. The summed E-state index contributed by atoms with van der Waals surface area (Å²) in [6, 6.07) is 25.1. The minimum Gasteiger partial charge on any atom is -0.357 e. The number of aromatic nitrogens is 1. The van der Waals surface area contributed by atoms with Crippen LogP contribution in [0.3, 0.4) is 0 Å². The Morgan fingerprint density at radius 2 is 1.71 bits per heavy atom. The van der Waals surface area contributed by atoms with E-state index in [1.165, 1.54) is 27.7 Å². The molecule has 0 spiro atoms. The van der Waals surface area contributed by atoms with Gasteiger partial charge < -0.3 is 4.98 Å². The van der Waals surface area contributed by atoms with Gasteiger partial charge >= 0.3 is 0 Å². The van der Waals surface area contributed by atoms with Gasteiger partial charge in [0.05, 0.1) is 6.04 Å². The predicted molar refractivity (Wildman–Crippen MR) is 117 cm³/mol. The van der Waals surface area contributed by atoms with Crippen molar-refractivity contribution >= 4 is 34.1 Å². The molecule has 28 heavy (non-hydrogen) atoms. The summed E-state index contributed by atoms with van der Waals surface area (Å²) in [4.78, 5) is 6.19. The summed E-state index contributed by atoms with van der Waals surface area (Å²) < 4.78 is 0. The van der Waals surface area contributed by atoms with Crippen molar-refractivity contribution in [1.29, 1.82) is 0 Å². The molecule has 140 valence electrons. The van der Waals surface area contributed by atoms with Gasteiger partial charge in [0.2, 0.25) is 0 Å². The second kappa shape index (κ2) is 7.29. The molecular formula is C24H20Cl2N2. The minimum absolute atomic E-state index is 0.0705. The highest BCUT2D eigenvalue weighted by Gasteiger charge is 2.32. The van der Waals surface area contributed by atoms with Crippen molar-refractivity contribution in [2.24, 2.45) is 0 Å². The van der Waals surface area contributed by atoms with Crippen LogP contribution in [0.25, 0.3) is 10.9 Å². The number of halogens is 2. The van der Waals surface area contributed by atoms with Gasteiger partial charge in [-0.2, -0.15) is 0 Å². The van der Waals surface area contributed by atoms with Crippen LogP contribution in [0.2, 0.25) is 10.0 Å². The van der Waals surface area contributed by atoms with Crippen LogP contribution in [0, 0.1) is 0 Å². The molecule has 1 aliphatic heterocycles. The van der Waals surface area contributed by atoms with Gasteiger partial charge in [-0.05, 0) is 41.3 Å². The quantitative estimate of drug-likeness (QED) is 0.404. The average molecular weight is 407 g/mol. The van der Waals surface area contributed by atoms with Crippen molar-refractivity contribution in [3.05, 3.63) is 105 Å². The highest BCUT2D eigenvalue weighted by molar-refractivity contribution is 6.35. The van der Waals surface area contributed by atoms with Crippen LogP contribution in [0.15, 0.2) is 72.8 Å². The van der Waals surface area contributed by atoms with E-state index in [0.717, 1.165) is 25.1 Å². The molecule has 1 atom stereocenters. The fraction of sp³-hybridized carbons (Fsp3) is 0.167. The zero-order valence-corrected chi connectivity index (χ0v) is 16.8. The summed E-state index contributed by atoms with van der Waals surface area (Å²) in [6.07, 6.45) is 1.02. The van der Waals surface area contributed by atoms with Crippen molar-refractivity contribution in [2.45, 2.75) is 19.0 Å². The average Bonchev–Trinajstić information content (AvgIpc) is 3.08. The lowest BCUT2D eigenvalue weighted by molar-refractivity contribution is 0.202. The summed E-state index contributed by atoms with van der Waals surface area (Å²) in [5.74, 6) is 0. The molecule has 1 N–H and O–H groups in total. The zero-order valence-electron chi connectivity index (χ0n) is 15.3. The van der Waals surface area contributed by atoms with E-state index in [4.69, 9.17) is 23.2 Å². The van der Waals surface area contributed by atoms with E-state index in [0.29, 0.717) is 10.0 Å². The highest BCUT2D eigenvalue weighted by atomic mass is 35.5. The summed E-state index contributed by atoms with van der Waals surface area (Å²) >= 11 is 12.9. The van der Waals surface area contributed by atoms with Crippen molar-refractivity contribution in [1.82, 2.24) is 9.88 Å². The van der Waals surface area contributed by atoms with Crippen molar-refractivity contribution in [3.63, 3.8) is 0 Å². The first-order valence-corrected chi connectivity index (χ1v) is 10.3. The van der Waals surface area contributed by atoms with Crippen LogP contribution in [0.1, 0.15) is 28.4 Å². The topological polar surface area (TPSA) is 19.0 Å². The molecule has 1 unspecified atom stereocenters. The number of para-hydroxylation sites is 1. The van der Waals surface area contributed by atoms with Crippen LogP contribution in [0.4, 0.5) is 0 Å². The third-order valence-corrected chi connectivity index (χ3v) is 6.18. The van der Waals surface area contributed by atoms with Gasteiger partial charge in [0.25, 0.3) is 0 Å². The molecule has 0 aliphatic carbocycles. The van der Waals surface area contributed by atoms with Crippen LogP contribution in [0.5, 0.6) is 0 Å². The number of nitrogens with zero attached hydrogens (tertiary/aromatic N) is 1. The van der Waals surface area contributed by atoms with E-state index in [1.54, 1.807) is 0 Å². The Morgan fingerprint density at radius 1 is 0.929 bits per heavy atom. The summed E-state index contributed by atoms with van der Waals surface area (Å²) in [6.45, 7) is 1.85. The summed E-state index contributed by atoms with van der Waals surface area (Å²) in [5.41, 5.74) is 6.22.